The predicted molar refractivity (Wildman–Crippen MR) is 35.5 cm³/mol. The first kappa shape index (κ1) is 7.67. The van der Waals surface area contributed by atoms with Crippen LogP contribution in [0.5, 0.6) is 0 Å². The fourth-order valence-corrected chi connectivity index (χ4v) is 0.501. The highest BCUT2D eigenvalue weighted by Crippen LogP contribution is 1.83. The molecule has 0 atom stereocenters. The van der Waals surface area contributed by atoms with E-state index in [1.807, 2.05) is 0 Å². The number of nitrogens with one attached hydrogen (secondary N) is 2. The number of nitrogens with zero attached hydrogens (tertiary/aromatic N) is 2. The van der Waals surface area contributed by atoms with Gasteiger partial charge in [-0.15, -0.1) is 0 Å². The van der Waals surface area contributed by atoms with Gasteiger partial charge in [0.15, 0.2) is 0 Å². The average molecular weight is 156 g/mol. The Morgan fingerprint density at radius 3 is 3.27 bits per heavy atom. The van der Waals surface area contributed by atoms with Crippen molar-refractivity contribution in [3.63, 3.8) is 0 Å². The van der Waals surface area contributed by atoms with Crippen LogP contribution in [0.3, 0.4) is 0 Å². The van der Waals surface area contributed by atoms with Gasteiger partial charge in [0.2, 0.25) is 5.82 Å². The van der Waals surface area contributed by atoms with Crippen LogP contribution in [0.15, 0.2) is 6.33 Å². The number of aromatic amines is 1. The molecule has 0 fully saturated rings. The summed E-state index contributed by atoms with van der Waals surface area (Å²) in [6.07, 6.45) is 1.25. The molecule has 0 aromatic carbocycles. The molecule has 60 valence electrons. The molecular formula is C5H8N4O2. The summed E-state index contributed by atoms with van der Waals surface area (Å²) in [5, 5.41) is 5.89. The van der Waals surface area contributed by atoms with Crippen LogP contribution in [0, 0.1) is 0 Å². The Kier molecular flexibility index (Phi) is 2.56. The minimum atomic E-state index is -0.427. The van der Waals surface area contributed by atoms with E-state index in [4.69, 9.17) is 0 Å². The Balaban J connectivity index is 2.43. The highest BCUT2D eigenvalue weighted by Gasteiger charge is 2.06. The average Bonchev–Trinajstić information content (AvgIpc) is 2.52. The third kappa shape index (κ3) is 2.01. The maximum atomic E-state index is 10.9. The zero-order chi connectivity index (χ0) is 8.10. The van der Waals surface area contributed by atoms with Crippen molar-refractivity contribution >= 4 is 5.91 Å². The molecule has 1 aromatic rings. The second kappa shape index (κ2) is 3.67. The topological polar surface area (TPSA) is 79.9 Å². The SMILES string of the molecule is CCONC(=O)c1ncn[nH]1. The van der Waals surface area contributed by atoms with Crippen LogP contribution in [-0.2, 0) is 4.84 Å². The quantitative estimate of drug-likeness (QED) is 0.577. The fourth-order valence-electron chi connectivity index (χ4n) is 0.501. The van der Waals surface area contributed by atoms with Crippen molar-refractivity contribution in [1.82, 2.24) is 20.7 Å². The highest BCUT2D eigenvalue weighted by molar-refractivity contribution is 5.89. The zero-order valence-electron chi connectivity index (χ0n) is 6.00. The van der Waals surface area contributed by atoms with Crippen LogP contribution in [-0.4, -0.2) is 27.7 Å². The summed E-state index contributed by atoms with van der Waals surface area (Å²) < 4.78 is 0. The summed E-state index contributed by atoms with van der Waals surface area (Å²) in [6.45, 7) is 2.18. The van der Waals surface area contributed by atoms with E-state index in [2.05, 4.69) is 25.5 Å². The molecule has 0 aliphatic heterocycles. The summed E-state index contributed by atoms with van der Waals surface area (Å²) >= 11 is 0. The number of aromatic nitrogens is 3. The van der Waals surface area contributed by atoms with E-state index in [-0.39, 0.29) is 5.82 Å². The maximum absolute atomic E-state index is 10.9. The molecule has 6 heteroatoms. The lowest BCUT2D eigenvalue weighted by Gasteiger charge is -1.98. The number of rotatable bonds is 3. The van der Waals surface area contributed by atoms with Gasteiger partial charge in [0, 0.05) is 0 Å². The van der Waals surface area contributed by atoms with E-state index >= 15 is 0 Å². The summed E-state index contributed by atoms with van der Waals surface area (Å²) in [7, 11) is 0. The van der Waals surface area contributed by atoms with Gasteiger partial charge >= 0.3 is 5.91 Å². The van der Waals surface area contributed by atoms with Crippen molar-refractivity contribution in [3.8, 4) is 0 Å². The number of H-pyrrole nitrogens is 1. The van der Waals surface area contributed by atoms with E-state index in [9.17, 15) is 4.79 Å². The normalized spacial score (nSPS) is 9.55. The molecule has 1 heterocycles. The van der Waals surface area contributed by atoms with Gasteiger partial charge in [0.25, 0.3) is 0 Å². The predicted octanol–water partition coefficient (Wildman–Crippen LogP) is -0.514. The number of carbonyl (C=O) groups excluding carboxylic acids is 1. The van der Waals surface area contributed by atoms with Gasteiger partial charge in [0.05, 0.1) is 6.61 Å². The number of amides is 1. The van der Waals surface area contributed by atoms with Gasteiger partial charge in [-0.3, -0.25) is 14.7 Å². The first-order valence-corrected chi connectivity index (χ1v) is 3.12. The lowest BCUT2D eigenvalue weighted by molar-refractivity contribution is 0.0355. The smallest absolute Gasteiger partial charge is 0.274 e. The van der Waals surface area contributed by atoms with E-state index in [0.717, 1.165) is 0 Å². The maximum Gasteiger partial charge on any atom is 0.312 e. The molecule has 0 saturated carbocycles. The van der Waals surface area contributed by atoms with Crippen LogP contribution < -0.4 is 5.48 Å². The Hall–Kier alpha value is -1.43. The first-order chi connectivity index (χ1) is 5.34. The summed E-state index contributed by atoms with van der Waals surface area (Å²) in [6, 6.07) is 0. The summed E-state index contributed by atoms with van der Waals surface area (Å²) in [5.74, 6) is -0.289. The second-order valence-electron chi connectivity index (χ2n) is 1.70. The van der Waals surface area contributed by atoms with Crippen LogP contribution >= 0.6 is 0 Å². The second-order valence-corrected chi connectivity index (χ2v) is 1.70. The third-order valence-electron chi connectivity index (χ3n) is 0.939. The molecule has 1 rings (SSSR count). The van der Waals surface area contributed by atoms with E-state index in [1.165, 1.54) is 6.33 Å². The molecule has 0 spiro atoms. The molecule has 0 radical (unpaired) electrons. The standard InChI is InChI=1S/C5H8N4O2/c1-2-11-9-5(10)4-6-3-7-8-4/h3H,2H2,1H3,(H,9,10)(H,6,7,8). The summed E-state index contributed by atoms with van der Waals surface area (Å²) in [5.41, 5.74) is 2.16. The number of carbonyl (C=O) groups is 1. The summed E-state index contributed by atoms with van der Waals surface area (Å²) in [4.78, 5) is 19.1. The molecule has 1 aromatic heterocycles. The van der Waals surface area contributed by atoms with Crippen LogP contribution in [0.25, 0.3) is 0 Å². The van der Waals surface area contributed by atoms with Crippen molar-refractivity contribution in [3.05, 3.63) is 12.2 Å². The molecule has 0 bridgehead atoms. The van der Waals surface area contributed by atoms with Crippen LogP contribution in [0.1, 0.15) is 17.5 Å². The Labute approximate surface area is 62.9 Å². The van der Waals surface area contributed by atoms with Crippen molar-refractivity contribution in [1.29, 1.82) is 0 Å². The monoisotopic (exact) mass is 156 g/mol. The van der Waals surface area contributed by atoms with E-state index in [1.54, 1.807) is 6.92 Å². The van der Waals surface area contributed by atoms with Crippen molar-refractivity contribution in [2.75, 3.05) is 6.61 Å². The van der Waals surface area contributed by atoms with E-state index in [0.29, 0.717) is 6.61 Å². The van der Waals surface area contributed by atoms with Crippen molar-refractivity contribution < 1.29 is 9.63 Å². The molecule has 0 unspecified atom stereocenters. The molecule has 0 aliphatic rings. The molecule has 0 saturated heterocycles. The van der Waals surface area contributed by atoms with Gasteiger partial charge < -0.3 is 0 Å². The fraction of sp³-hybridized carbons (Fsp3) is 0.400. The first-order valence-electron chi connectivity index (χ1n) is 3.12. The lowest BCUT2D eigenvalue weighted by Crippen LogP contribution is -2.24. The third-order valence-corrected chi connectivity index (χ3v) is 0.939. The highest BCUT2D eigenvalue weighted by atomic mass is 16.6. The molecule has 2 N–H and O–H groups in total. The largest absolute Gasteiger partial charge is 0.312 e. The number of hydrogen-bond donors (Lipinski definition) is 2. The Bertz CT molecular complexity index is 220. The van der Waals surface area contributed by atoms with Gasteiger partial charge in [-0.1, -0.05) is 0 Å². The molecular weight excluding hydrogens is 148 g/mol. The lowest BCUT2D eigenvalue weighted by atomic mass is 10.6. The van der Waals surface area contributed by atoms with Gasteiger partial charge in [0.1, 0.15) is 6.33 Å². The minimum Gasteiger partial charge on any atom is -0.274 e. The molecule has 6 nitrogen and oxygen atoms in total. The minimum absolute atomic E-state index is 0.137. The number of hydroxylamine groups is 1. The zero-order valence-corrected chi connectivity index (χ0v) is 6.00. The Morgan fingerprint density at radius 2 is 2.73 bits per heavy atom. The van der Waals surface area contributed by atoms with Gasteiger partial charge in [-0.05, 0) is 6.92 Å². The van der Waals surface area contributed by atoms with Gasteiger partial charge in [-0.2, -0.15) is 5.10 Å². The van der Waals surface area contributed by atoms with E-state index < -0.39 is 5.91 Å². The van der Waals surface area contributed by atoms with Crippen molar-refractivity contribution in [2.24, 2.45) is 0 Å². The van der Waals surface area contributed by atoms with Crippen LogP contribution in [0.2, 0.25) is 0 Å². The molecule has 0 aliphatic carbocycles. The number of hydrogen-bond acceptors (Lipinski definition) is 4. The van der Waals surface area contributed by atoms with Crippen molar-refractivity contribution in [2.45, 2.75) is 6.92 Å². The molecule has 11 heavy (non-hydrogen) atoms. The Morgan fingerprint density at radius 1 is 1.91 bits per heavy atom. The van der Waals surface area contributed by atoms with Crippen LogP contribution in [0.4, 0.5) is 0 Å². The van der Waals surface area contributed by atoms with Gasteiger partial charge in [-0.25, -0.2) is 10.5 Å². The molecule has 1 amide bonds.